The number of fused-ring (bicyclic) bond motifs is 1. The zero-order valence-corrected chi connectivity index (χ0v) is 11.7. The Morgan fingerprint density at radius 2 is 2.05 bits per heavy atom. The van der Waals surface area contributed by atoms with Gasteiger partial charge >= 0.3 is 0 Å². The minimum absolute atomic E-state index is 0.174. The number of nitrogens with zero attached hydrogens (tertiary/aromatic N) is 6. The molecule has 20 heavy (non-hydrogen) atoms. The Morgan fingerprint density at radius 1 is 1.20 bits per heavy atom. The molecule has 0 aliphatic rings. The summed E-state index contributed by atoms with van der Waals surface area (Å²) in [5.74, 6) is 0.801. The normalized spacial score (nSPS) is 14.3. The SMILES string of the molecule is C[C@H]([C@@H](C)Nc1ncnc2c1cnn2C)n1cccn1. The summed E-state index contributed by atoms with van der Waals surface area (Å²) in [4.78, 5) is 8.55. The van der Waals surface area contributed by atoms with Crippen LogP contribution in [0.4, 0.5) is 5.82 Å². The monoisotopic (exact) mass is 271 g/mol. The minimum Gasteiger partial charge on any atom is -0.365 e. The molecule has 7 heteroatoms. The molecule has 0 bridgehead atoms. The van der Waals surface area contributed by atoms with E-state index in [2.05, 4.69) is 39.3 Å². The van der Waals surface area contributed by atoms with Gasteiger partial charge in [-0.05, 0) is 19.9 Å². The van der Waals surface area contributed by atoms with E-state index in [1.165, 1.54) is 0 Å². The van der Waals surface area contributed by atoms with Crippen molar-refractivity contribution in [3.8, 4) is 0 Å². The van der Waals surface area contributed by atoms with Crippen molar-refractivity contribution < 1.29 is 0 Å². The largest absolute Gasteiger partial charge is 0.365 e. The molecule has 0 saturated heterocycles. The molecule has 0 unspecified atom stereocenters. The topological polar surface area (TPSA) is 73.5 Å². The van der Waals surface area contributed by atoms with Gasteiger partial charge in [0.25, 0.3) is 0 Å². The van der Waals surface area contributed by atoms with Crippen LogP contribution in [0.25, 0.3) is 11.0 Å². The summed E-state index contributed by atoms with van der Waals surface area (Å²) in [5, 5.41) is 12.8. The van der Waals surface area contributed by atoms with Crippen LogP contribution in [0, 0.1) is 0 Å². The van der Waals surface area contributed by atoms with Crippen molar-refractivity contribution in [3.05, 3.63) is 31.0 Å². The van der Waals surface area contributed by atoms with Gasteiger partial charge in [0.1, 0.15) is 12.1 Å². The first-order valence-electron chi connectivity index (χ1n) is 6.55. The van der Waals surface area contributed by atoms with Crippen LogP contribution < -0.4 is 5.32 Å². The van der Waals surface area contributed by atoms with Crippen LogP contribution in [-0.4, -0.2) is 35.6 Å². The van der Waals surface area contributed by atoms with E-state index in [1.807, 2.05) is 24.0 Å². The highest BCUT2D eigenvalue weighted by molar-refractivity contribution is 5.86. The fraction of sp³-hybridized carbons (Fsp3) is 0.385. The maximum atomic E-state index is 4.32. The number of aryl methyl sites for hydroxylation is 1. The van der Waals surface area contributed by atoms with Crippen molar-refractivity contribution in [1.82, 2.24) is 29.5 Å². The highest BCUT2D eigenvalue weighted by atomic mass is 15.3. The molecule has 3 aromatic heterocycles. The van der Waals surface area contributed by atoms with E-state index in [0.29, 0.717) is 0 Å². The summed E-state index contributed by atoms with van der Waals surface area (Å²) in [6.07, 6.45) is 7.08. The van der Waals surface area contributed by atoms with Gasteiger partial charge in [-0.25, -0.2) is 9.97 Å². The van der Waals surface area contributed by atoms with Gasteiger partial charge in [0.05, 0.1) is 17.6 Å². The molecule has 2 atom stereocenters. The first-order valence-corrected chi connectivity index (χ1v) is 6.55. The fourth-order valence-electron chi connectivity index (χ4n) is 2.16. The summed E-state index contributed by atoms with van der Waals surface area (Å²) < 4.78 is 3.67. The molecule has 0 spiro atoms. The first kappa shape index (κ1) is 12.6. The highest BCUT2D eigenvalue weighted by Gasteiger charge is 2.16. The molecule has 0 aliphatic carbocycles. The minimum atomic E-state index is 0.174. The molecule has 3 rings (SSSR count). The van der Waals surface area contributed by atoms with E-state index >= 15 is 0 Å². The number of nitrogens with one attached hydrogen (secondary N) is 1. The third-order valence-electron chi connectivity index (χ3n) is 3.56. The lowest BCUT2D eigenvalue weighted by atomic mass is 10.1. The number of hydrogen-bond acceptors (Lipinski definition) is 5. The van der Waals surface area contributed by atoms with Crippen LogP contribution in [0.1, 0.15) is 19.9 Å². The van der Waals surface area contributed by atoms with E-state index < -0.39 is 0 Å². The first-order chi connectivity index (χ1) is 9.66. The predicted molar refractivity (Wildman–Crippen MR) is 76.3 cm³/mol. The molecule has 0 aliphatic heterocycles. The zero-order valence-electron chi connectivity index (χ0n) is 11.7. The van der Waals surface area contributed by atoms with Crippen LogP contribution in [0.15, 0.2) is 31.0 Å². The summed E-state index contributed by atoms with van der Waals surface area (Å²) in [6.45, 7) is 4.23. The Morgan fingerprint density at radius 3 is 2.80 bits per heavy atom. The zero-order chi connectivity index (χ0) is 14.1. The molecule has 0 saturated carbocycles. The van der Waals surface area contributed by atoms with E-state index in [-0.39, 0.29) is 12.1 Å². The molecule has 0 fully saturated rings. The summed E-state index contributed by atoms with van der Waals surface area (Å²) in [6, 6.07) is 2.31. The molecule has 3 aromatic rings. The van der Waals surface area contributed by atoms with Gasteiger partial charge in [0.2, 0.25) is 0 Å². The molecule has 1 N–H and O–H groups in total. The van der Waals surface area contributed by atoms with Crippen molar-refractivity contribution >= 4 is 16.9 Å². The quantitative estimate of drug-likeness (QED) is 0.780. The Hall–Kier alpha value is -2.44. The molecule has 0 amide bonds. The summed E-state index contributed by atoms with van der Waals surface area (Å²) in [5.41, 5.74) is 0.821. The van der Waals surface area contributed by atoms with Gasteiger partial charge in [-0.15, -0.1) is 0 Å². The number of rotatable bonds is 4. The average Bonchev–Trinajstić information content (AvgIpc) is 3.09. The van der Waals surface area contributed by atoms with Gasteiger partial charge in [-0.1, -0.05) is 0 Å². The van der Waals surface area contributed by atoms with E-state index in [1.54, 1.807) is 23.4 Å². The Bertz CT molecular complexity index is 701. The van der Waals surface area contributed by atoms with E-state index in [4.69, 9.17) is 0 Å². The number of hydrogen-bond donors (Lipinski definition) is 1. The lowest BCUT2D eigenvalue weighted by Gasteiger charge is -2.22. The molecular weight excluding hydrogens is 254 g/mol. The molecular formula is C13H17N7. The van der Waals surface area contributed by atoms with Gasteiger partial charge < -0.3 is 5.32 Å². The van der Waals surface area contributed by atoms with Gasteiger partial charge in [0, 0.05) is 25.5 Å². The van der Waals surface area contributed by atoms with E-state index in [0.717, 1.165) is 16.9 Å². The second-order valence-electron chi connectivity index (χ2n) is 4.89. The second-order valence-corrected chi connectivity index (χ2v) is 4.89. The van der Waals surface area contributed by atoms with E-state index in [9.17, 15) is 0 Å². The molecule has 7 nitrogen and oxygen atoms in total. The summed E-state index contributed by atoms with van der Waals surface area (Å²) >= 11 is 0. The molecule has 3 heterocycles. The predicted octanol–water partition coefficient (Wildman–Crippen LogP) is 1.62. The lowest BCUT2D eigenvalue weighted by molar-refractivity contribution is 0.443. The average molecular weight is 271 g/mol. The van der Waals surface area contributed by atoms with Crippen molar-refractivity contribution in [3.63, 3.8) is 0 Å². The van der Waals surface area contributed by atoms with Gasteiger partial charge in [0.15, 0.2) is 5.65 Å². The standard InChI is InChI=1S/C13H17N7/c1-9(10(2)20-6-4-5-16-20)18-12-11-7-17-19(3)13(11)15-8-14-12/h4-10H,1-3H3,(H,14,15,18)/t9-,10-/m1/s1. The van der Waals surface area contributed by atoms with Crippen LogP contribution in [-0.2, 0) is 7.05 Å². The smallest absolute Gasteiger partial charge is 0.163 e. The van der Waals surface area contributed by atoms with Gasteiger partial charge in [-0.3, -0.25) is 9.36 Å². The van der Waals surface area contributed by atoms with Crippen LogP contribution >= 0.6 is 0 Å². The maximum absolute atomic E-state index is 4.32. The molecule has 0 aromatic carbocycles. The van der Waals surface area contributed by atoms with Crippen molar-refractivity contribution in [2.75, 3.05) is 5.32 Å². The molecule has 0 radical (unpaired) electrons. The summed E-state index contributed by atoms with van der Waals surface area (Å²) in [7, 11) is 1.87. The van der Waals surface area contributed by atoms with Crippen molar-refractivity contribution in [1.29, 1.82) is 0 Å². The number of anilines is 1. The second kappa shape index (κ2) is 4.92. The van der Waals surface area contributed by atoms with Crippen molar-refractivity contribution in [2.45, 2.75) is 25.9 Å². The highest BCUT2D eigenvalue weighted by Crippen LogP contribution is 2.21. The maximum Gasteiger partial charge on any atom is 0.163 e. The van der Waals surface area contributed by atoms with Gasteiger partial charge in [-0.2, -0.15) is 10.2 Å². The third-order valence-corrected chi connectivity index (χ3v) is 3.56. The lowest BCUT2D eigenvalue weighted by Crippen LogP contribution is -2.27. The molecule has 104 valence electrons. The van der Waals surface area contributed by atoms with Crippen LogP contribution in [0.3, 0.4) is 0 Å². The Balaban J connectivity index is 1.86. The van der Waals surface area contributed by atoms with Crippen molar-refractivity contribution in [2.24, 2.45) is 7.05 Å². The third kappa shape index (κ3) is 2.11. The van der Waals surface area contributed by atoms with Crippen LogP contribution in [0.5, 0.6) is 0 Å². The van der Waals surface area contributed by atoms with Crippen LogP contribution in [0.2, 0.25) is 0 Å². The fourth-order valence-corrected chi connectivity index (χ4v) is 2.16. The Labute approximate surface area is 116 Å². The number of aromatic nitrogens is 6. The Kier molecular flexibility index (Phi) is 3.09.